The standard InChI is InChI=1S/C18H33N3O2.ClH/c1-18(2,3)17(23)19-15-8-12-20(13-9-15)14-16(22)21-10-6-4-5-7-11-21;/h15H,4-14H2,1-3H3,(H,19,23);1H. The van der Waals surface area contributed by atoms with Crippen LogP contribution in [0.3, 0.4) is 0 Å². The van der Waals surface area contributed by atoms with Crippen LogP contribution in [0.1, 0.15) is 59.3 Å². The fourth-order valence-corrected chi connectivity index (χ4v) is 3.25. The van der Waals surface area contributed by atoms with E-state index in [1.54, 1.807) is 0 Å². The van der Waals surface area contributed by atoms with E-state index in [2.05, 4.69) is 10.2 Å². The van der Waals surface area contributed by atoms with Crippen LogP contribution in [0.4, 0.5) is 0 Å². The van der Waals surface area contributed by atoms with E-state index >= 15 is 0 Å². The lowest BCUT2D eigenvalue weighted by molar-refractivity contribution is -0.133. The van der Waals surface area contributed by atoms with Crippen molar-refractivity contribution in [3.05, 3.63) is 0 Å². The molecule has 2 aliphatic rings. The van der Waals surface area contributed by atoms with Crippen LogP contribution in [0.2, 0.25) is 0 Å². The second kappa shape index (κ2) is 9.62. The van der Waals surface area contributed by atoms with E-state index in [4.69, 9.17) is 0 Å². The molecule has 2 heterocycles. The van der Waals surface area contributed by atoms with Crippen LogP contribution in [0.15, 0.2) is 0 Å². The molecule has 140 valence electrons. The van der Waals surface area contributed by atoms with Crippen molar-refractivity contribution in [1.82, 2.24) is 15.1 Å². The van der Waals surface area contributed by atoms with Crippen molar-refractivity contribution in [2.24, 2.45) is 5.41 Å². The molecule has 0 aliphatic carbocycles. The number of hydrogen-bond acceptors (Lipinski definition) is 3. The lowest BCUT2D eigenvalue weighted by Gasteiger charge is -2.34. The molecule has 2 saturated heterocycles. The van der Waals surface area contributed by atoms with Gasteiger partial charge >= 0.3 is 0 Å². The Balaban J connectivity index is 0.00000288. The predicted molar refractivity (Wildman–Crippen MR) is 99.4 cm³/mol. The molecule has 0 saturated carbocycles. The average molecular weight is 360 g/mol. The zero-order chi connectivity index (χ0) is 16.9. The molecule has 5 nitrogen and oxygen atoms in total. The first-order chi connectivity index (χ1) is 10.9. The van der Waals surface area contributed by atoms with E-state index in [1.807, 2.05) is 25.7 Å². The first kappa shape index (κ1) is 21.2. The fraction of sp³-hybridized carbons (Fsp3) is 0.889. The topological polar surface area (TPSA) is 52.7 Å². The number of hydrogen-bond donors (Lipinski definition) is 1. The first-order valence-corrected chi connectivity index (χ1v) is 9.17. The molecule has 1 N–H and O–H groups in total. The molecule has 0 aromatic heterocycles. The normalized spacial score (nSPS) is 20.9. The van der Waals surface area contributed by atoms with E-state index in [0.29, 0.717) is 6.54 Å². The molecule has 24 heavy (non-hydrogen) atoms. The third-order valence-corrected chi connectivity index (χ3v) is 4.92. The van der Waals surface area contributed by atoms with E-state index in [-0.39, 0.29) is 35.7 Å². The molecule has 0 aromatic carbocycles. The number of piperidine rings is 1. The van der Waals surface area contributed by atoms with Crippen LogP contribution in [0, 0.1) is 5.41 Å². The van der Waals surface area contributed by atoms with Gasteiger partial charge in [0.2, 0.25) is 11.8 Å². The second-order valence-corrected chi connectivity index (χ2v) is 8.07. The average Bonchev–Trinajstić information content (AvgIpc) is 2.77. The number of rotatable bonds is 3. The zero-order valence-corrected chi connectivity index (χ0v) is 16.3. The monoisotopic (exact) mass is 359 g/mol. The minimum absolute atomic E-state index is 0. The maximum Gasteiger partial charge on any atom is 0.236 e. The van der Waals surface area contributed by atoms with Gasteiger partial charge in [-0.05, 0) is 25.7 Å². The van der Waals surface area contributed by atoms with Crippen molar-refractivity contribution >= 4 is 24.2 Å². The van der Waals surface area contributed by atoms with Crippen LogP contribution in [-0.4, -0.2) is 60.4 Å². The molecule has 0 radical (unpaired) electrons. The lowest BCUT2D eigenvalue weighted by atomic mass is 9.94. The van der Waals surface area contributed by atoms with Crippen molar-refractivity contribution < 1.29 is 9.59 Å². The molecule has 2 rings (SSSR count). The van der Waals surface area contributed by atoms with Gasteiger partial charge in [-0.2, -0.15) is 0 Å². The van der Waals surface area contributed by atoms with Crippen LogP contribution in [0.25, 0.3) is 0 Å². The van der Waals surface area contributed by atoms with E-state index < -0.39 is 0 Å². The molecule has 0 spiro atoms. The fourth-order valence-electron chi connectivity index (χ4n) is 3.25. The Kier molecular flexibility index (Phi) is 8.51. The molecule has 2 fully saturated rings. The highest BCUT2D eigenvalue weighted by Gasteiger charge is 2.27. The maximum atomic E-state index is 12.4. The second-order valence-electron chi connectivity index (χ2n) is 8.07. The predicted octanol–water partition coefficient (Wildman–Crippen LogP) is 2.44. The van der Waals surface area contributed by atoms with Crippen LogP contribution in [-0.2, 0) is 9.59 Å². The number of halogens is 1. The van der Waals surface area contributed by atoms with Gasteiger partial charge in [0.05, 0.1) is 6.54 Å². The number of amides is 2. The molecule has 0 atom stereocenters. The summed E-state index contributed by atoms with van der Waals surface area (Å²) in [5.74, 6) is 0.403. The molecule has 2 amide bonds. The molecule has 0 unspecified atom stereocenters. The van der Waals surface area contributed by atoms with Crippen molar-refractivity contribution in [2.75, 3.05) is 32.7 Å². The summed E-state index contributed by atoms with van der Waals surface area (Å²) in [6.45, 7) is 10.0. The largest absolute Gasteiger partial charge is 0.353 e. The molecular formula is C18H34ClN3O2. The smallest absolute Gasteiger partial charge is 0.236 e. The number of likely N-dealkylation sites (tertiary alicyclic amines) is 2. The summed E-state index contributed by atoms with van der Waals surface area (Å²) in [4.78, 5) is 28.8. The van der Waals surface area contributed by atoms with Crippen LogP contribution >= 0.6 is 12.4 Å². The molecule has 0 aromatic rings. The summed E-state index contributed by atoms with van der Waals surface area (Å²) in [5.41, 5.74) is -0.333. The van der Waals surface area contributed by atoms with Gasteiger partial charge in [0.15, 0.2) is 0 Å². The summed E-state index contributed by atoms with van der Waals surface area (Å²) in [7, 11) is 0. The van der Waals surface area contributed by atoms with Gasteiger partial charge in [0.25, 0.3) is 0 Å². The van der Waals surface area contributed by atoms with Gasteiger partial charge in [0.1, 0.15) is 0 Å². The molecule has 0 bridgehead atoms. The van der Waals surface area contributed by atoms with Gasteiger partial charge in [0, 0.05) is 37.6 Å². The minimum Gasteiger partial charge on any atom is -0.353 e. The van der Waals surface area contributed by atoms with Crippen LogP contribution < -0.4 is 5.32 Å². The van der Waals surface area contributed by atoms with Crippen LogP contribution in [0.5, 0.6) is 0 Å². The highest BCUT2D eigenvalue weighted by Crippen LogP contribution is 2.17. The van der Waals surface area contributed by atoms with E-state index in [9.17, 15) is 9.59 Å². The summed E-state index contributed by atoms with van der Waals surface area (Å²) >= 11 is 0. The Morgan fingerprint density at radius 3 is 2.00 bits per heavy atom. The summed E-state index contributed by atoms with van der Waals surface area (Å²) in [5, 5.41) is 3.14. The highest BCUT2D eigenvalue weighted by molar-refractivity contribution is 5.85. The van der Waals surface area contributed by atoms with Gasteiger partial charge in [-0.1, -0.05) is 33.6 Å². The number of carbonyl (C=O) groups is 2. The summed E-state index contributed by atoms with van der Waals surface area (Å²) in [6.07, 6.45) is 6.68. The molecule has 2 aliphatic heterocycles. The summed E-state index contributed by atoms with van der Waals surface area (Å²) in [6, 6.07) is 0.256. The Morgan fingerprint density at radius 2 is 1.50 bits per heavy atom. The van der Waals surface area contributed by atoms with Gasteiger partial charge in [-0.15, -0.1) is 12.4 Å². The Labute approximate surface area is 152 Å². The molecular weight excluding hydrogens is 326 g/mol. The first-order valence-electron chi connectivity index (χ1n) is 9.17. The third-order valence-electron chi connectivity index (χ3n) is 4.92. The van der Waals surface area contributed by atoms with Crippen molar-refractivity contribution in [1.29, 1.82) is 0 Å². The van der Waals surface area contributed by atoms with Crippen molar-refractivity contribution in [2.45, 2.75) is 65.3 Å². The SMILES string of the molecule is CC(C)(C)C(=O)NC1CCN(CC(=O)N2CCCCCC2)CC1.Cl. The molecule has 6 heteroatoms. The Hall–Kier alpha value is -0.810. The number of carbonyl (C=O) groups excluding carboxylic acids is 2. The van der Waals surface area contributed by atoms with Crippen molar-refractivity contribution in [3.8, 4) is 0 Å². The quantitative estimate of drug-likeness (QED) is 0.842. The highest BCUT2D eigenvalue weighted by atomic mass is 35.5. The number of nitrogens with one attached hydrogen (secondary N) is 1. The maximum absolute atomic E-state index is 12.4. The minimum atomic E-state index is -0.333. The van der Waals surface area contributed by atoms with E-state index in [1.165, 1.54) is 12.8 Å². The zero-order valence-electron chi connectivity index (χ0n) is 15.5. The van der Waals surface area contributed by atoms with E-state index in [0.717, 1.165) is 51.9 Å². The van der Waals surface area contributed by atoms with Gasteiger partial charge < -0.3 is 10.2 Å². The Morgan fingerprint density at radius 1 is 0.958 bits per heavy atom. The Bertz CT molecular complexity index is 407. The third kappa shape index (κ3) is 6.60. The summed E-state index contributed by atoms with van der Waals surface area (Å²) < 4.78 is 0. The van der Waals surface area contributed by atoms with Gasteiger partial charge in [-0.3, -0.25) is 14.5 Å². The lowest BCUT2D eigenvalue weighted by Crippen LogP contribution is -2.49. The van der Waals surface area contributed by atoms with Crippen molar-refractivity contribution in [3.63, 3.8) is 0 Å². The number of nitrogens with zero attached hydrogens (tertiary/aromatic N) is 2. The van der Waals surface area contributed by atoms with Gasteiger partial charge in [-0.25, -0.2) is 0 Å².